The largest absolute Gasteiger partial charge is 0.416 e. The van der Waals surface area contributed by atoms with Gasteiger partial charge in [-0.15, -0.1) is 0 Å². The molecule has 9 rings (SSSR count). The maximum Gasteiger partial charge on any atom is 0.416 e. The molecule has 0 amide bonds. The maximum absolute atomic E-state index is 14.0. The lowest BCUT2D eigenvalue weighted by atomic mass is 10.0. The summed E-state index contributed by atoms with van der Waals surface area (Å²) in [7, 11) is 0. The fraction of sp³-hybridized carbons (Fsp3) is 0.0800. The Morgan fingerprint density at radius 1 is 0.373 bits per heavy atom. The number of hydrogen-bond acceptors (Lipinski definition) is 2. The number of aryl methyl sites for hydroxylation is 2. The Bertz CT molecular complexity index is 3020. The van der Waals surface area contributed by atoms with Crippen molar-refractivity contribution in [2.75, 3.05) is 9.80 Å². The zero-order valence-electron chi connectivity index (χ0n) is 31.9. The molecule has 0 saturated heterocycles. The van der Waals surface area contributed by atoms with Gasteiger partial charge in [0.25, 0.3) is 0 Å². The molecule has 0 aliphatic carbocycles. The molecule has 0 fully saturated rings. The number of benzene rings is 8. The minimum atomic E-state index is -4.52. The topological polar surface area (TPSA) is 11.4 Å². The molecule has 9 aromatic rings. The molecule has 8 aromatic carbocycles. The number of halogens is 6. The smallest absolute Gasteiger partial charge is 0.310 e. The first-order chi connectivity index (χ1) is 28.3. The number of alkyl halides is 6. The van der Waals surface area contributed by atoms with Crippen LogP contribution < -0.4 is 9.80 Å². The Morgan fingerprint density at radius 3 is 1.39 bits per heavy atom. The standard InChI is InChI=1S/C50H35F6N3/c1-32-10-6-16-39(24-32)57(41-18-8-12-36(29-41)49(51,52)53)43-21-20-34-27-46-45-23-22-44(31-48(45)59(38-14-4-3-5-15-38)47(46)28-35(34)26-43)58(40-17-7-11-33(2)25-40)42-19-9-13-37(30-42)50(54,55)56/h3-31H,1-2H3. The Morgan fingerprint density at radius 2 is 0.847 bits per heavy atom. The van der Waals surface area contributed by atoms with Crippen molar-refractivity contribution in [1.29, 1.82) is 0 Å². The van der Waals surface area contributed by atoms with Crippen LogP contribution >= 0.6 is 0 Å². The fourth-order valence-corrected chi connectivity index (χ4v) is 7.94. The summed E-state index contributed by atoms with van der Waals surface area (Å²) in [5.74, 6) is 0. The summed E-state index contributed by atoms with van der Waals surface area (Å²) >= 11 is 0. The Kier molecular flexibility index (Phi) is 9.19. The zero-order chi connectivity index (χ0) is 41.1. The molecule has 292 valence electrons. The average Bonchev–Trinajstić information content (AvgIpc) is 3.52. The highest BCUT2D eigenvalue weighted by atomic mass is 19.4. The van der Waals surface area contributed by atoms with E-state index in [1.807, 2.05) is 139 Å². The molecular weight excluding hydrogens is 757 g/mol. The highest BCUT2D eigenvalue weighted by molar-refractivity contribution is 6.14. The predicted molar refractivity (Wildman–Crippen MR) is 227 cm³/mol. The van der Waals surface area contributed by atoms with Gasteiger partial charge in [-0.1, -0.05) is 66.7 Å². The van der Waals surface area contributed by atoms with E-state index in [0.717, 1.165) is 67.2 Å². The zero-order valence-corrected chi connectivity index (χ0v) is 31.9. The fourth-order valence-electron chi connectivity index (χ4n) is 7.94. The summed E-state index contributed by atoms with van der Waals surface area (Å²) in [5.41, 5.74) is 6.56. The highest BCUT2D eigenvalue weighted by Crippen LogP contribution is 2.44. The van der Waals surface area contributed by atoms with Crippen LogP contribution in [-0.2, 0) is 12.4 Å². The third kappa shape index (κ3) is 7.14. The lowest BCUT2D eigenvalue weighted by Crippen LogP contribution is -2.12. The molecule has 0 aliphatic rings. The van der Waals surface area contributed by atoms with Crippen molar-refractivity contribution in [3.05, 3.63) is 198 Å². The second-order valence-electron chi connectivity index (χ2n) is 14.7. The Hall–Kier alpha value is -7.00. The van der Waals surface area contributed by atoms with Gasteiger partial charge in [-0.3, -0.25) is 0 Å². The van der Waals surface area contributed by atoms with Crippen molar-refractivity contribution < 1.29 is 26.3 Å². The van der Waals surface area contributed by atoms with Crippen LogP contribution in [0.1, 0.15) is 22.3 Å². The maximum atomic E-state index is 14.0. The lowest BCUT2D eigenvalue weighted by molar-refractivity contribution is -0.138. The normalized spacial score (nSPS) is 12.1. The minimum absolute atomic E-state index is 0.365. The number of nitrogens with zero attached hydrogens (tertiary/aromatic N) is 3. The van der Waals surface area contributed by atoms with E-state index < -0.39 is 23.5 Å². The van der Waals surface area contributed by atoms with Gasteiger partial charge in [0.15, 0.2) is 0 Å². The van der Waals surface area contributed by atoms with Gasteiger partial charge < -0.3 is 14.4 Å². The van der Waals surface area contributed by atoms with E-state index in [2.05, 4.69) is 16.7 Å². The van der Waals surface area contributed by atoms with Crippen molar-refractivity contribution in [2.45, 2.75) is 26.2 Å². The van der Waals surface area contributed by atoms with E-state index in [1.165, 1.54) is 24.3 Å². The third-order valence-electron chi connectivity index (χ3n) is 10.6. The van der Waals surface area contributed by atoms with Crippen LogP contribution in [0, 0.1) is 13.8 Å². The average molecular weight is 792 g/mol. The molecule has 0 radical (unpaired) electrons. The van der Waals surface area contributed by atoms with Gasteiger partial charge in [-0.2, -0.15) is 26.3 Å². The van der Waals surface area contributed by atoms with Crippen molar-refractivity contribution >= 4 is 66.7 Å². The molecule has 0 atom stereocenters. The Balaban J connectivity index is 1.26. The van der Waals surface area contributed by atoms with E-state index in [0.29, 0.717) is 28.4 Å². The molecule has 59 heavy (non-hydrogen) atoms. The van der Waals surface area contributed by atoms with E-state index in [4.69, 9.17) is 0 Å². The molecule has 0 aliphatic heterocycles. The number of fused-ring (bicyclic) bond motifs is 4. The summed E-state index contributed by atoms with van der Waals surface area (Å²) in [6, 6.07) is 51.9. The van der Waals surface area contributed by atoms with Gasteiger partial charge in [0, 0.05) is 50.6 Å². The quantitative estimate of drug-likeness (QED) is 0.149. The summed E-state index contributed by atoms with van der Waals surface area (Å²) in [5, 5.41) is 3.70. The first kappa shape index (κ1) is 37.6. The van der Waals surface area contributed by atoms with Gasteiger partial charge in [0.05, 0.1) is 22.2 Å². The van der Waals surface area contributed by atoms with Crippen LogP contribution in [0.4, 0.5) is 60.5 Å². The molecule has 0 bridgehead atoms. The van der Waals surface area contributed by atoms with E-state index >= 15 is 0 Å². The molecule has 1 heterocycles. The van der Waals surface area contributed by atoms with Crippen LogP contribution in [0.2, 0.25) is 0 Å². The van der Waals surface area contributed by atoms with Gasteiger partial charge in [-0.25, -0.2) is 0 Å². The highest BCUT2D eigenvalue weighted by Gasteiger charge is 2.32. The molecule has 0 spiro atoms. The van der Waals surface area contributed by atoms with Crippen LogP contribution in [0.15, 0.2) is 176 Å². The van der Waals surface area contributed by atoms with Gasteiger partial charge in [0.1, 0.15) is 0 Å². The summed E-state index contributed by atoms with van der Waals surface area (Å²) in [6.45, 7) is 3.89. The minimum Gasteiger partial charge on any atom is -0.310 e. The van der Waals surface area contributed by atoms with Gasteiger partial charge in [0.2, 0.25) is 0 Å². The summed E-state index contributed by atoms with van der Waals surface area (Å²) in [4.78, 5) is 3.67. The first-order valence-corrected chi connectivity index (χ1v) is 19.0. The molecule has 0 N–H and O–H groups in total. The summed E-state index contributed by atoms with van der Waals surface area (Å²) in [6.07, 6.45) is -9.04. The van der Waals surface area contributed by atoms with Gasteiger partial charge >= 0.3 is 12.4 Å². The number of rotatable bonds is 7. The van der Waals surface area contributed by atoms with Crippen molar-refractivity contribution in [2.24, 2.45) is 0 Å². The van der Waals surface area contributed by atoms with Crippen molar-refractivity contribution in [3.8, 4) is 5.69 Å². The van der Waals surface area contributed by atoms with Crippen LogP contribution in [0.25, 0.3) is 38.3 Å². The monoisotopic (exact) mass is 791 g/mol. The number of hydrogen-bond donors (Lipinski definition) is 0. The Labute approximate surface area is 336 Å². The first-order valence-electron chi connectivity index (χ1n) is 19.0. The third-order valence-corrected chi connectivity index (χ3v) is 10.6. The number of aromatic nitrogens is 1. The van der Waals surface area contributed by atoms with E-state index in [-0.39, 0.29) is 0 Å². The van der Waals surface area contributed by atoms with Gasteiger partial charge in [-0.05, 0) is 145 Å². The predicted octanol–water partition coefficient (Wildman–Crippen LogP) is 15.5. The number of anilines is 6. The molecular formula is C50H35F6N3. The second kappa shape index (κ2) is 14.4. The van der Waals surface area contributed by atoms with Crippen molar-refractivity contribution in [3.63, 3.8) is 0 Å². The molecule has 0 unspecified atom stereocenters. The van der Waals surface area contributed by atoms with Crippen LogP contribution in [-0.4, -0.2) is 4.57 Å². The van der Waals surface area contributed by atoms with Crippen LogP contribution in [0.3, 0.4) is 0 Å². The SMILES string of the molecule is Cc1cccc(N(c2cccc(C(F)(F)F)c2)c2ccc3cc4c5ccc(N(c6cccc(C)c6)c6cccc(C(F)(F)F)c6)cc5n(-c5ccccc5)c4cc3c2)c1. The summed E-state index contributed by atoms with van der Waals surface area (Å²) < 4.78 is 86.2. The number of para-hydroxylation sites is 1. The van der Waals surface area contributed by atoms with Crippen LogP contribution in [0.5, 0.6) is 0 Å². The molecule has 0 saturated carbocycles. The molecule has 1 aromatic heterocycles. The van der Waals surface area contributed by atoms with Crippen molar-refractivity contribution in [1.82, 2.24) is 4.57 Å². The van der Waals surface area contributed by atoms with E-state index in [9.17, 15) is 26.3 Å². The lowest BCUT2D eigenvalue weighted by Gasteiger charge is -2.27. The molecule has 9 heteroatoms. The second-order valence-corrected chi connectivity index (χ2v) is 14.7. The van der Waals surface area contributed by atoms with E-state index in [1.54, 1.807) is 12.1 Å². The molecule has 3 nitrogen and oxygen atoms in total.